The van der Waals surface area contributed by atoms with Gasteiger partial charge in [0.2, 0.25) is 0 Å². The zero-order valence-corrected chi connectivity index (χ0v) is 12.6. The zero-order chi connectivity index (χ0) is 13.8. The van der Waals surface area contributed by atoms with Crippen LogP contribution < -0.4 is 0 Å². The summed E-state index contributed by atoms with van der Waals surface area (Å²) in [6, 6.07) is 8.02. The molecule has 0 heterocycles. The van der Waals surface area contributed by atoms with Crippen molar-refractivity contribution in [3.8, 4) is 0 Å². The van der Waals surface area contributed by atoms with Crippen LogP contribution in [0.5, 0.6) is 0 Å². The average molecular weight is 263 g/mol. The maximum Gasteiger partial charge on any atom is 0.381 e. The van der Waals surface area contributed by atoms with E-state index in [4.69, 9.17) is 8.85 Å². The standard InChI is InChI=1S/C10H10.C5H13O2Si/c1-3-9-7-5-6-8-10(9)4-2;1-4-6-8(3)7-5-2/h3-8H,1-2H2;4-5H2,1-3H3. The van der Waals surface area contributed by atoms with E-state index in [0.717, 1.165) is 24.3 Å². The Morgan fingerprint density at radius 2 is 1.39 bits per heavy atom. The molecule has 2 nitrogen and oxygen atoms in total. The van der Waals surface area contributed by atoms with E-state index in [1.54, 1.807) is 0 Å². The minimum Gasteiger partial charge on any atom is -0.394 e. The number of benzene rings is 1. The third-order valence-corrected chi connectivity index (χ3v) is 3.52. The molecule has 99 valence electrons. The molecule has 18 heavy (non-hydrogen) atoms. The van der Waals surface area contributed by atoms with Crippen LogP contribution in [-0.4, -0.2) is 22.5 Å². The third-order valence-electron chi connectivity index (χ3n) is 2.13. The summed E-state index contributed by atoms with van der Waals surface area (Å²) in [5.74, 6) is 0. The second-order valence-corrected chi connectivity index (χ2v) is 4.96. The van der Waals surface area contributed by atoms with Gasteiger partial charge in [0.15, 0.2) is 0 Å². The lowest BCUT2D eigenvalue weighted by Crippen LogP contribution is -2.17. The Labute approximate surface area is 113 Å². The third kappa shape index (κ3) is 7.22. The molecule has 0 saturated heterocycles. The summed E-state index contributed by atoms with van der Waals surface area (Å²) in [6.07, 6.45) is 3.66. The Morgan fingerprint density at radius 3 is 1.67 bits per heavy atom. The van der Waals surface area contributed by atoms with Gasteiger partial charge in [-0.1, -0.05) is 49.6 Å². The summed E-state index contributed by atoms with van der Waals surface area (Å²) < 4.78 is 10.3. The van der Waals surface area contributed by atoms with Crippen molar-refractivity contribution in [3.05, 3.63) is 48.6 Å². The highest BCUT2D eigenvalue weighted by Gasteiger charge is 2.02. The summed E-state index contributed by atoms with van der Waals surface area (Å²) in [7, 11) is -0.891. The van der Waals surface area contributed by atoms with Gasteiger partial charge in [0, 0.05) is 13.2 Å². The SMILES string of the molecule is C=Cc1ccccc1C=C.CCO[Si](C)OCC. The molecule has 0 saturated carbocycles. The molecule has 0 aromatic heterocycles. The van der Waals surface area contributed by atoms with Gasteiger partial charge in [0.05, 0.1) is 0 Å². The maximum atomic E-state index is 5.16. The van der Waals surface area contributed by atoms with Gasteiger partial charge in [-0.15, -0.1) is 0 Å². The highest BCUT2D eigenvalue weighted by molar-refractivity contribution is 6.42. The van der Waals surface area contributed by atoms with E-state index >= 15 is 0 Å². The lowest BCUT2D eigenvalue weighted by Gasteiger charge is -2.05. The number of rotatable bonds is 6. The van der Waals surface area contributed by atoms with E-state index in [9.17, 15) is 0 Å². The summed E-state index contributed by atoms with van der Waals surface area (Å²) in [5, 5.41) is 0. The predicted octanol–water partition coefficient (Wildman–Crippen LogP) is 4.15. The lowest BCUT2D eigenvalue weighted by molar-refractivity contribution is 0.219. The van der Waals surface area contributed by atoms with Crippen LogP contribution in [0.15, 0.2) is 37.4 Å². The first kappa shape index (κ1) is 16.8. The molecule has 0 aliphatic rings. The van der Waals surface area contributed by atoms with Crippen molar-refractivity contribution < 1.29 is 8.85 Å². The Morgan fingerprint density at radius 1 is 1.00 bits per heavy atom. The van der Waals surface area contributed by atoms with Crippen molar-refractivity contribution in [2.75, 3.05) is 13.2 Å². The van der Waals surface area contributed by atoms with Crippen molar-refractivity contribution in [2.24, 2.45) is 0 Å². The van der Waals surface area contributed by atoms with E-state index in [1.165, 1.54) is 0 Å². The lowest BCUT2D eigenvalue weighted by atomic mass is 10.1. The molecular formula is C15H23O2Si. The Kier molecular flexibility index (Phi) is 10.2. The first-order chi connectivity index (χ1) is 8.69. The second-order valence-electron chi connectivity index (χ2n) is 3.39. The first-order valence-corrected chi connectivity index (χ1v) is 7.94. The molecule has 0 spiro atoms. The monoisotopic (exact) mass is 263 g/mol. The summed E-state index contributed by atoms with van der Waals surface area (Å²) in [6.45, 7) is 14.9. The van der Waals surface area contributed by atoms with Gasteiger partial charge in [-0.05, 0) is 31.5 Å². The highest BCUT2D eigenvalue weighted by Crippen LogP contribution is 2.10. The van der Waals surface area contributed by atoms with Crippen molar-refractivity contribution in [1.29, 1.82) is 0 Å². The van der Waals surface area contributed by atoms with Crippen molar-refractivity contribution in [2.45, 2.75) is 20.4 Å². The van der Waals surface area contributed by atoms with Crippen LogP contribution in [0.1, 0.15) is 25.0 Å². The van der Waals surface area contributed by atoms with Crippen molar-refractivity contribution in [3.63, 3.8) is 0 Å². The highest BCUT2D eigenvalue weighted by atomic mass is 28.3. The van der Waals surface area contributed by atoms with E-state index in [-0.39, 0.29) is 0 Å². The molecule has 3 heteroatoms. The van der Waals surface area contributed by atoms with Crippen LogP contribution in [0.3, 0.4) is 0 Å². The van der Waals surface area contributed by atoms with Crippen LogP contribution in [0.25, 0.3) is 12.2 Å². The first-order valence-electron chi connectivity index (χ1n) is 6.12. The van der Waals surface area contributed by atoms with Crippen molar-refractivity contribution in [1.82, 2.24) is 0 Å². The fourth-order valence-electron chi connectivity index (χ4n) is 1.33. The van der Waals surface area contributed by atoms with Gasteiger partial charge in [0.25, 0.3) is 0 Å². The minimum atomic E-state index is -0.891. The number of hydrogen-bond donors (Lipinski definition) is 0. The van der Waals surface area contributed by atoms with Crippen LogP contribution >= 0.6 is 0 Å². The topological polar surface area (TPSA) is 18.5 Å². The number of hydrogen-bond acceptors (Lipinski definition) is 2. The molecule has 0 fully saturated rings. The average Bonchev–Trinajstić information content (AvgIpc) is 2.40. The second kappa shape index (κ2) is 11.0. The summed E-state index contributed by atoms with van der Waals surface area (Å²) in [4.78, 5) is 0. The van der Waals surface area contributed by atoms with Gasteiger partial charge in [-0.3, -0.25) is 0 Å². The van der Waals surface area contributed by atoms with E-state index in [1.807, 2.05) is 56.8 Å². The van der Waals surface area contributed by atoms with Crippen LogP contribution in [0.2, 0.25) is 6.55 Å². The minimum absolute atomic E-state index is 0.769. The van der Waals surface area contributed by atoms with Gasteiger partial charge >= 0.3 is 9.28 Å². The zero-order valence-electron chi connectivity index (χ0n) is 11.6. The molecule has 0 unspecified atom stereocenters. The predicted molar refractivity (Wildman–Crippen MR) is 81.5 cm³/mol. The molecule has 0 bridgehead atoms. The maximum absolute atomic E-state index is 5.16. The summed E-state index contributed by atoms with van der Waals surface area (Å²) >= 11 is 0. The molecule has 1 aromatic carbocycles. The van der Waals surface area contributed by atoms with Gasteiger partial charge in [0.1, 0.15) is 0 Å². The Balaban J connectivity index is 0.000000331. The van der Waals surface area contributed by atoms with Gasteiger partial charge in [-0.25, -0.2) is 0 Å². The molecule has 1 radical (unpaired) electrons. The normalized spacial score (nSPS) is 9.56. The van der Waals surface area contributed by atoms with E-state index in [0.29, 0.717) is 0 Å². The molecule has 0 atom stereocenters. The van der Waals surface area contributed by atoms with Crippen molar-refractivity contribution >= 4 is 21.4 Å². The Hall–Kier alpha value is -1.16. The fourth-order valence-corrected chi connectivity index (χ4v) is 2.23. The molecular weight excluding hydrogens is 240 g/mol. The quantitative estimate of drug-likeness (QED) is 0.718. The largest absolute Gasteiger partial charge is 0.394 e. The van der Waals surface area contributed by atoms with Crippen LogP contribution in [-0.2, 0) is 8.85 Å². The van der Waals surface area contributed by atoms with E-state index < -0.39 is 9.28 Å². The molecule has 0 amide bonds. The molecule has 1 aromatic rings. The summed E-state index contributed by atoms with van der Waals surface area (Å²) in [5.41, 5.74) is 2.27. The van der Waals surface area contributed by atoms with E-state index in [2.05, 4.69) is 13.2 Å². The Bertz CT molecular complexity index is 317. The van der Waals surface area contributed by atoms with Gasteiger partial charge in [-0.2, -0.15) is 0 Å². The van der Waals surface area contributed by atoms with Crippen LogP contribution in [0, 0.1) is 0 Å². The van der Waals surface area contributed by atoms with Crippen LogP contribution in [0.4, 0.5) is 0 Å². The molecule has 0 aliphatic heterocycles. The molecule has 0 aliphatic carbocycles. The van der Waals surface area contributed by atoms with Gasteiger partial charge < -0.3 is 8.85 Å². The molecule has 0 N–H and O–H groups in total. The molecule has 1 rings (SSSR count). The fraction of sp³-hybridized carbons (Fsp3) is 0.333. The smallest absolute Gasteiger partial charge is 0.381 e.